The highest BCUT2D eigenvalue weighted by Gasteiger charge is 2.50. The Morgan fingerprint density at radius 3 is 2.74 bits per heavy atom. The van der Waals surface area contributed by atoms with Gasteiger partial charge in [-0.1, -0.05) is 38.1 Å². The van der Waals surface area contributed by atoms with Gasteiger partial charge in [0.25, 0.3) is 0 Å². The minimum absolute atomic E-state index is 0.370. The van der Waals surface area contributed by atoms with Crippen molar-refractivity contribution in [3.05, 3.63) is 35.4 Å². The van der Waals surface area contributed by atoms with E-state index in [9.17, 15) is 10.4 Å². The van der Waals surface area contributed by atoms with E-state index < -0.39 is 11.0 Å². The summed E-state index contributed by atoms with van der Waals surface area (Å²) in [4.78, 5) is 0. The molecule has 2 heteroatoms. The maximum atomic E-state index is 11.0. The Bertz CT molecular complexity index is 498. The molecule has 2 nitrogen and oxygen atoms in total. The molecule has 0 aromatic heterocycles. The molecule has 0 amide bonds. The Morgan fingerprint density at radius 2 is 2.11 bits per heavy atom. The number of rotatable bonds is 3. The van der Waals surface area contributed by atoms with E-state index in [0.29, 0.717) is 12.3 Å². The summed E-state index contributed by atoms with van der Waals surface area (Å²) in [6.45, 7) is 6.01. The summed E-state index contributed by atoms with van der Waals surface area (Å²) in [6.07, 6.45) is 3.38. The first-order valence-electron chi connectivity index (χ1n) is 7.15. The quantitative estimate of drug-likeness (QED) is 0.899. The van der Waals surface area contributed by atoms with E-state index in [1.807, 2.05) is 25.1 Å². The molecule has 0 spiro atoms. The average molecular weight is 257 g/mol. The highest BCUT2D eigenvalue weighted by atomic mass is 16.3. The van der Waals surface area contributed by atoms with E-state index in [4.69, 9.17) is 0 Å². The van der Waals surface area contributed by atoms with Gasteiger partial charge >= 0.3 is 0 Å². The number of hydrogen-bond acceptors (Lipinski definition) is 2. The van der Waals surface area contributed by atoms with Gasteiger partial charge in [0.2, 0.25) is 0 Å². The van der Waals surface area contributed by atoms with E-state index in [1.165, 1.54) is 5.56 Å². The van der Waals surface area contributed by atoms with Crippen LogP contribution in [0.3, 0.4) is 0 Å². The number of hydrogen-bond donors (Lipinski definition) is 1. The predicted molar refractivity (Wildman–Crippen MR) is 76.7 cm³/mol. The van der Waals surface area contributed by atoms with Gasteiger partial charge in [0, 0.05) is 0 Å². The topological polar surface area (TPSA) is 44.0 Å². The zero-order valence-corrected chi connectivity index (χ0v) is 12.1. The van der Waals surface area contributed by atoms with Gasteiger partial charge < -0.3 is 5.11 Å². The number of aryl methyl sites for hydroxylation is 1. The van der Waals surface area contributed by atoms with Gasteiger partial charge in [0.15, 0.2) is 0 Å². The molecule has 1 aromatic carbocycles. The zero-order valence-electron chi connectivity index (χ0n) is 12.1. The minimum Gasteiger partial charge on any atom is -0.388 e. The van der Waals surface area contributed by atoms with Gasteiger partial charge in [-0.3, -0.25) is 0 Å². The Kier molecular flexibility index (Phi) is 3.69. The van der Waals surface area contributed by atoms with Crippen LogP contribution in [0.5, 0.6) is 0 Å². The van der Waals surface area contributed by atoms with Crippen molar-refractivity contribution in [2.24, 2.45) is 5.92 Å². The van der Waals surface area contributed by atoms with Crippen molar-refractivity contribution < 1.29 is 5.11 Å². The molecule has 2 unspecified atom stereocenters. The number of nitriles is 1. The lowest BCUT2D eigenvalue weighted by Gasteiger charge is -2.45. The Hall–Kier alpha value is -1.33. The number of nitrogens with zero attached hydrogens (tertiary/aromatic N) is 1. The van der Waals surface area contributed by atoms with Crippen molar-refractivity contribution in [2.75, 3.05) is 0 Å². The van der Waals surface area contributed by atoms with Gasteiger partial charge in [0.05, 0.1) is 11.7 Å². The number of aliphatic hydroxyl groups is 1. The van der Waals surface area contributed by atoms with Gasteiger partial charge in [-0.2, -0.15) is 5.26 Å². The second-order valence-electron chi connectivity index (χ2n) is 6.40. The Morgan fingerprint density at radius 1 is 1.42 bits per heavy atom. The van der Waals surface area contributed by atoms with Gasteiger partial charge in [-0.25, -0.2) is 0 Å². The molecule has 0 saturated carbocycles. The molecule has 102 valence electrons. The van der Waals surface area contributed by atoms with Crippen LogP contribution < -0.4 is 0 Å². The fourth-order valence-electron chi connectivity index (χ4n) is 3.60. The molecule has 0 bridgehead atoms. The highest BCUT2D eigenvalue weighted by Crippen LogP contribution is 2.46. The maximum Gasteiger partial charge on any atom is 0.111 e. The second kappa shape index (κ2) is 4.98. The molecule has 0 saturated heterocycles. The van der Waals surface area contributed by atoms with E-state index in [1.54, 1.807) is 0 Å². The van der Waals surface area contributed by atoms with Crippen LogP contribution in [0.4, 0.5) is 0 Å². The highest BCUT2D eigenvalue weighted by molar-refractivity contribution is 5.44. The molecule has 0 aliphatic heterocycles. The summed E-state index contributed by atoms with van der Waals surface area (Å²) in [5.74, 6) is 0.370. The fourth-order valence-corrected chi connectivity index (χ4v) is 3.60. The van der Waals surface area contributed by atoms with Gasteiger partial charge in [-0.15, -0.1) is 0 Å². The summed E-state index contributed by atoms with van der Waals surface area (Å²) < 4.78 is 0. The first-order valence-corrected chi connectivity index (χ1v) is 7.15. The van der Waals surface area contributed by atoms with E-state index >= 15 is 0 Å². The summed E-state index contributed by atoms with van der Waals surface area (Å²) in [5.41, 5.74) is 0.521. The second-order valence-corrected chi connectivity index (χ2v) is 6.40. The van der Waals surface area contributed by atoms with Gasteiger partial charge in [0.1, 0.15) is 5.41 Å². The van der Waals surface area contributed by atoms with E-state index in [0.717, 1.165) is 24.8 Å². The van der Waals surface area contributed by atoms with Crippen LogP contribution in [0.2, 0.25) is 0 Å². The van der Waals surface area contributed by atoms with Crippen molar-refractivity contribution in [1.82, 2.24) is 0 Å². The summed E-state index contributed by atoms with van der Waals surface area (Å²) in [6, 6.07) is 10.6. The van der Waals surface area contributed by atoms with Crippen LogP contribution in [0, 0.1) is 17.2 Å². The minimum atomic E-state index is -0.980. The van der Waals surface area contributed by atoms with Crippen molar-refractivity contribution in [2.45, 2.75) is 57.5 Å². The lowest BCUT2D eigenvalue weighted by molar-refractivity contribution is -0.0242. The Labute approximate surface area is 116 Å². The fraction of sp³-hybridized carbons (Fsp3) is 0.588. The number of fused-ring (bicyclic) bond motifs is 1. The van der Waals surface area contributed by atoms with E-state index in [-0.39, 0.29) is 0 Å². The molecule has 0 radical (unpaired) electrons. The SMILES string of the molecule is CC(C)CC(C)(O)C1(C#N)CCCc2ccccc21. The van der Waals surface area contributed by atoms with Crippen molar-refractivity contribution in [3.8, 4) is 6.07 Å². The standard InChI is InChI=1S/C17H23NO/c1-13(2)11-16(3,19)17(12-18)10-6-8-14-7-4-5-9-15(14)17/h4-5,7,9,13,19H,6,8,10-11H2,1-3H3. The van der Waals surface area contributed by atoms with Crippen LogP contribution in [-0.2, 0) is 11.8 Å². The molecule has 19 heavy (non-hydrogen) atoms. The van der Waals surface area contributed by atoms with Crippen LogP contribution in [0.25, 0.3) is 0 Å². The lowest BCUT2D eigenvalue weighted by atomic mass is 9.60. The van der Waals surface area contributed by atoms with Crippen molar-refractivity contribution in [1.29, 1.82) is 5.26 Å². The van der Waals surface area contributed by atoms with Crippen LogP contribution in [0.15, 0.2) is 24.3 Å². The monoisotopic (exact) mass is 257 g/mol. The van der Waals surface area contributed by atoms with Crippen LogP contribution in [0.1, 0.15) is 51.2 Å². The first kappa shape index (κ1) is 14.1. The van der Waals surface area contributed by atoms with Gasteiger partial charge in [-0.05, 0) is 49.7 Å². The van der Waals surface area contributed by atoms with Crippen LogP contribution in [-0.4, -0.2) is 10.7 Å². The van der Waals surface area contributed by atoms with Crippen molar-refractivity contribution in [3.63, 3.8) is 0 Å². The van der Waals surface area contributed by atoms with Crippen LogP contribution >= 0.6 is 0 Å². The molecule has 2 atom stereocenters. The molecule has 1 aliphatic carbocycles. The molecular formula is C17H23NO. The molecule has 0 fully saturated rings. The zero-order chi connectivity index (χ0) is 14.1. The molecular weight excluding hydrogens is 234 g/mol. The largest absolute Gasteiger partial charge is 0.388 e. The Balaban J connectivity index is 2.54. The first-order chi connectivity index (χ1) is 8.93. The molecule has 0 heterocycles. The summed E-state index contributed by atoms with van der Waals surface area (Å²) in [7, 11) is 0. The van der Waals surface area contributed by atoms with E-state index in [2.05, 4.69) is 26.0 Å². The summed E-state index contributed by atoms with van der Waals surface area (Å²) in [5, 5.41) is 20.8. The maximum absolute atomic E-state index is 11.0. The molecule has 1 aliphatic rings. The third-order valence-corrected chi connectivity index (χ3v) is 4.39. The molecule has 1 N–H and O–H groups in total. The predicted octanol–water partition coefficient (Wildman–Crippen LogP) is 3.58. The molecule has 2 rings (SSSR count). The molecule has 1 aromatic rings. The third kappa shape index (κ3) is 2.28. The smallest absolute Gasteiger partial charge is 0.111 e. The van der Waals surface area contributed by atoms with Crippen molar-refractivity contribution >= 4 is 0 Å². The third-order valence-electron chi connectivity index (χ3n) is 4.39. The summed E-state index contributed by atoms with van der Waals surface area (Å²) >= 11 is 0. The normalized spacial score (nSPS) is 25.5. The number of benzene rings is 1. The average Bonchev–Trinajstić information content (AvgIpc) is 2.36. The lowest BCUT2D eigenvalue weighted by Crippen LogP contribution is -2.51.